The van der Waals surface area contributed by atoms with Crippen LogP contribution in [-0.4, -0.2) is 42.3 Å². The minimum absolute atomic E-state index is 0.169. The second-order valence-corrected chi connectivity index (χ2v) is 5.73. The second-order valence-electron chi connectivity index (χ2n) is 5.73. The molecule has 0 radical (unpaired) electrons. The highest BCUT2D eigenvalue weighted by molar-refractivity contribution is 5.77. The fraction of sp³-hybridized carbons (Fsp3) is 0.833. The Morgan fingerprint density at radius 3 is 2.47 bits per heavy atom. The molecule has 17 heavy (non-hydrogen) atoms. The van der Waals surface area contributed by atoms with E-state index in [1.165, 1.54) is 7.11 Å². The molecule has 0 spiro atoms. The van der Waals surface area contributed by atoms with E-state index < -0.39 is 5.60 Å². The first-order valence-electron chi connectivity index (χ1n) is 5.91. The number of amides is 1. The monoisotopic (exact) mass is 241 g/mol. The first kappa shape index (κ1) is 12.2. The highest BCUT2D eigenvalue weighted by Gasteiger charge is 2.58. The molecule has 2 aliphatic rings. The fourth-order valence-electron chi connectivity index (χ4n) is 2.40. The number of hydrogen-bond acceptors (Lipinski definition) is 4. The lowest BCUT2D eigenvalue weighted by Crippen LogP contribution is -2.38. The van der Waals surface area contributed by atoms with E-state index in [4.69, 9.17) is 9.47 Å². The number of likely N-dealkylation sites (tertiary alicyclic amines) is 1. The van der Waals surface area contributed by atoms with E-state index in [0.29, 0.717) is 6.54 Å². The van der Waals surface area contributed by atoms with E-state index in [9.17, 15) is 9.59 Å². The summed E-state index contributed by atoms with van der Waals surface area (Å²) in [5.41, 5.74) is -0.495. The standard InChI is InChI=1S/C12H19NO4/c1-12(2,3)17-11(15)13-6-8(10(14)16-4)7-5-9(7)13/h7-9H,5-6H2,1-4H3/t7-,8+,9-/m0/s1. The van der Waals surface area contributed by atoms with Gasteiger partial charge in [0.2, 0.25) is 0 Å². The molecule has 0 aromatic carbocycles. The van der Waals surface area contributed by atoms with Gasteiger partial charge >= 0.3 is 12.1 Å². The Balaban J connectivity index is 1.97. The number of nitrogens with zero attached hydrogens (tertiary/aromatic N) is 1. The molecule has 3 atom stereocenters. The molecule has 0 bridgehead atoms. The quantitative estimate of drug-likeness (QED) is 0.651. The molecule has 0 aromatic rings. The number of ether oxygens (including phenoxy) is 2. The molecule has 96 valence electrons. The van der Waals surface area contributed by atoms with Gasteiger partial charge in [-0.15, -0.1) is 0 Å². The van der Waals surface area contributed by atoms with E-state index in [1.807, 2.05) is 20.8 Å². The van der Waals surface area contributed by atoms with Gasteiger partial charge in [0, 0.05) is 12.6 Å². The maximum Gasteiger partial charge on any atom is 0.410 e. The molecule has 0 N–H and O–H groups in total. The first-order chi connectivity index (χ1) is 7.83. The van der Waals surface area contributed by atoms with Gasteiger partial charge in [0.1, 0.15) is 5.60 Å². The van der Waals surface area contributed by atoms with Crippen molar-refractivity contribution in [1.29, 1.82) is 0 Å². The van der Waals surface area contributed by atoms with Crippen LogP contribution in [0.2, 0.25) is 0 Å². The summed E-state index contributed by atoms with van der Waals surface area (Å²) in [5.74, 6) is -0.115. The molecule has 2 rings (SSSR count). The van der Waals surface area contributed by atoms with Gasteiger partial charge in [-0.2, -0.15) is 0 Å². The number of hydrogen-bond donors (Lipinski definition) is 0. The number of carbonyl (C=O) groups excluding carboxylic acids is 2. The molecule has 1 aliphatic carbocycles. The Morgan fingerprint density at radius 2 is 1.94 bits per heavy atom. The van der Waals surface area contributed by atoms with Crippen LogP contribution in [0.25, 0.3) is 0 Å². The lowest BCUT2D eigenvalue weighted by molar-refractivity contribution is -0.145. The predicted octanol–water partition coefficient (Wildman–Crippen LogP) is 1.41. The molecule has 1 heterocycles. The predicted molar refractivity (Wildman–Crippen MR) is 60.3 cm³/mol. The first-order valence-corrected chi connectivity index (χ1v) is 5.91. The van der Waals surface area contributed by atoms with Gasteiger partial charge in [-0.05, 0) is 33.1 Å². The molecule has 2 fully saturated rings. The Kier molecular flexibility index (Phi) is 2.79. The summed E-state index contributed by atoms with van der Waals surface area (Å²) < 4.78 is 10.1. The van der Waals surface area contributed by atoms with Crippen molar-refractivity contribution < 1.29 is 19.1 Å². The number of carbonyl (C=O) groups is 2. The lowest BCUT2D eigenvalue weighted by atomic mass is 10.1. The SMILES string of the molecule is COC(=O)[C@@H]1CN(C(=O)OC(C)(C)C)[C@H]2C[C@@H]12. The van der Waals surface area contributed by atoms with Crippen molar-refractivity contribution in [2.24, 2.45) is 11.8 Å². The van der Waals surface area contributed by atoms with Gasteiger partial charge in [-0.1, -0.05) is 0 Å². The Bertz CT molecular complexity index is 347. The summed E-state index contributed by atoms with van der Waals surface area (Å²) in [5, 5.41) is 0. The van der Waals surface area contributed by atoms with Gasteiger partial charge in [0.15, 0.2) is 0 Å². The third-order valence-electron chi connectivity index (χ3n) is 3.25. The Labute approximate surface area is 101 Å². The van der Waals surface area contributed by atoms with Crippen molar-refractivity contribution in [3.05, 3.63) is 0 Å². The number of piperidine rings is 1. The second kappa shape index (κ2) is 3.89. The highest BCUT2D eigenvalue weighted by atomic mass is 16.6. The third kappa shape index (κ3) is 2.37. The summed E-state index contributed by atoms with van der Waals surface area (Å²) >= 11 is 0. The topological polar surface area (TPSA) is 55.8 Å². The van der Waals surface area contributed by atoms with Crippen LogP contribution in [0.3, 0.4) is 0 Å². The number of fused-ring (bicyclic) bond motifs is 1. The molecule has 1 saturated carbocycles. The zero-order chi connectivity index (χ0) is 12.8. The smallest absolute Gasteiger partial charge is 0.410 e. The van der Waals surface area contributed by atoms with Crippen LogP contribution in [-0.2, 0) is 14.3 Å². The zero-order valence-electron chi connectivity index (χ0n) is 10.7. The van der Waals surface area contributed by atoms with Gasteiger partial charge in [0.05, 0.1) is 13.0 Å². The maximum atomic E-state index is 11.9. The number of rotatable bonds is 1. The molecule has 5 nitrogen and oxygen atoms in total. The van der Waals surface area contributed by atoms with Gasteiger partial charge < -0.3 is 14.4 Å². The van der Waals surface area contributed by atoms with Crippen molar-refractivity contribution in [2.45, 2.75) is 38.8 Å². The molecule has 5 heteroatoms. The third-order valence-corrected chi connectivity index (χ3v) is 3.25. The lowest BCUT2D eigenvalue weighted by Gasteiger charge is -2.25. The summed E-state index contributed by atoms with van der Waals surface area (Å²) in [4.78, 5) is 25.1. The molecule has 1 saturated heterocycles. The van der Waals surface area contributed by atoms with Crippen molar-refractivity contribution >= 4 is 12.1 Å². The van der Waals surface area contributed by atoms with Crippen LogP contribution in [0.4, 0.5) is 4.79 Å². The van der Waals surface area contributed by atoms with Crippen LogP contribution < -0.4 is 0 Å². The summed E-state index contributed by atoms with van der Waals surface area (Å²) in [6.45, 7) is 5.94. The van der Waals surface area contributed by atoms with E-state index in [2.05, 4.69) is 0 Å². The van der Waals surface area contributed by atoms with E-state index in [-0.39, 0.29) is 29.9 Å². The largest absolute Gasteiger partial charge is 0.469 e. The molecule has 1 aliphatic heterocycles. The molecular weight excluding hydrogens is 222 g/mol. The Morgan fingerprint density at radius 1 is 1.29 bits per heavy atom. The van der Waals surface area contributed by atoms with E-state index >= 15 is 0 Å². The van der Waals surface area contributed by atoms with Crippen molar-refractivity contribution in [3.63, 3.8) is 0 Å². The normalized spacial score (nSPS) is 30.8. The number of esters is 1. The van der Waals surface area contributed by atoms with Gasteiger partial charge in [0.25, 0.3) is 0 Å². The maximum absolute atomic E-state index is 11.9. The van der Waals surface area contributed by atoms with Crippen LogP contribution in [0.5, 0.6) is 0 Å². The van der Waals surface area contributed by atoms with E-state index in [1.54, 1.807) is 4.90 Å². The van der Waals surface area contributed by atoms with E-state index in [0.717, 1.165) is 6.42 Å². The minimum atomic E-state index is -0.495. The Hall–Kier alpha value is -1.26. The van der Waals surface area contributed by atoms with Crippen LogP contribution >= 0.6 is 0 Å². The van der Waals surface area contributed by atoms with Crippen LogP contribution in [0.1, 0.15) is 27.2 Å². The average molecular weight is 241 g/mol. The van der Waals surface area contributed by atoms with Crippen molar-refractivity contribution in [2.75, 3.05) is 13.7 Å². The summed E-state index contributed by atoms with van der Waals surface area (Å²) in [6.07, 6.45) is 0.565. The average Bonchev–Trinajstić information content (AvgIpc) is 2.89. The number of methoxy groups -OCH3 is 1. The van der Waals surface area contributed by atoms with Crippen molar-refractivity contribution in [1.82, 2.24) is 4.90 Å². The van der Waals surface area contributed by atoms with Crippen LogP contribution in [0.15, 0.2) is 0 Å². The zero-order valence-corrected chi connectivity index (χ0v) is 10.7. The summed E-state index contributed by atoms with van der Waals surface area (Å²) in [6, 6.07) is 0.175. The molecule has 1 amide bonds. The molecule has 0 aromatic heterocycles. The van der Waals surface area contributed by atoms with Crippen molar-refractivity contribution in [3.8, 4) is 0 Å². The minimum Gasteiger partial charge on any atom is -0.469 e. The summed E-state index contributed by atoms with van der Waals surface area (Å²) in [7, 11) is 1.38. The molecular formula is C12H19NO4. The van der Waals surface area contributed by atoms with Gasteiger partial charge in [-0.25, -0.2) is 4.79 Å². The molecule has 0 unspecified atom stereocenters. The van der Waals surface area contributed by atoms with Gasteiger partial charge in [-0.3, -0.25) is 4.79 Å². The highest BCUT2D eigenvalue weighted by Crippen LogP contribution is 2.49. The fourth-order valence-corrected chi connectivity index (χ4v) is 2.40. The van der Waals surface area contributed by atoms with Crippen LogP contribution in [0, 0.1) is 11.8 Å².